The van der Waals surface area contributed by atoms with E-state index >= 15 is 0 Å². The summed E-state index contributed by atoms with van der Waals surface area (Å²) in [4.78, 5) is 2.63. The fraction of sp³-hybridized carbons (Fsp3) is 1.00. The van der Waals surface area contributed by atoms with Gasteiger partial charge in [0, 0.05) is 23.4 Å². The predicted molar refractivity (Wildman–Crippen MR) is 79.9 cm³/mol. The molecule has 0 aromatic carbocycles. The van der Waals surface area contributed by atoms with Crippen molar-refractivity contribution in [3.63, 3.8) is 0 Å². The van der Waals surface area contributed by atoms with Crippen molar-refractivity contribution in [3.8, 4) is 0 Å². The molecule has 0 aromatic heterocycles. The standard InChI is InChI=1S/C14H30N2S/c1-13(2,3)15-9-12-7-8-16(10-12)11-14(4,5)17-6/h12,15H,7-11H2,1-6H3. The Morgan fingerprint density at radius 3 is 2.41 bits per heavy atom. The maximum absolute atomic E-state index is 3.63. The molecule has 0 aliphatic carbocycles. The Morgan fingerprint density at radius 2 is 1.88 bits per heavy atom. The van der Waals surface area contributed by atoms with Crippen LogP contribution < -0.4 is 5.32 Å². The SMILES string of the molecule is CSC(C)(C)CN1CCC(CNC(C)(C)C)C1. The predicted octanol–water partition coefficient (Wildman–Crippen LogP) is 2.84. The van der Waals surface area contributed by atoms with Crippen molar-refractivity contribution in [1.82, 2.24) is 10.2 Å². The zero-order valence-electron chi connectivity index (χ0n) is 12.5. The van der Waals surface area contributed by atoms with Crippen LogP contribution in [0.4, 0.5) is 0 Å². The van der Waals surface area contributed by atoms with E-state index < -0.39 is 0 Å². The summed E-state index contributed by atoms with van der Waals surface area (Å²) < 4.78 is 0.395. The molecule has 0 bridgehead atoms. The molecule has 1 unspecified atom stereocenters. The van der Waals surface area contributed by atoms with Crippen LogP contribution in [0, 0.1) is 5.92 Å². The van der Waals surface area contributed by atoms with Crippen LogP contribution in [0.3, 0.4) is 0 Å². The summed E-state index contributed by atoms with van der Waals surface area (Å²) in [5.74, 6) is 0.840. The number of nitrogens with one attached hydrogen (secondary N) is 1. The summed E-state index contributed by atoms with van der Waals surface area (Å²) in [5, 5.41) is 3.63. The minimum atomic E-state index is 0.256. The van der Waals surface area contributed by atoms with Crippen molar-refractivity contribution in [1.29, 1.82) is 0 Å². The fourth-order valence-corrected chi connectivity index (χ4v) is 2.59. The molecule has 1 saturated heterocycles. The van der Waals surface area contributed by atoms with E-state index in [9.17, 15) is 0 Å². The van der Waals surface area contributed by atoms with E-state index in [-0.39, 0.29) is 5.54 Å². The summed E-state index contributed by atoms with van der Waals surface area (Å²) in [6.45, 7) is 16.4. The molecule has 2 nitrogen and oxygen atoms in total. The topological polar surface area (TPSA) is 15.3 Å². The first-order chi connectivity index (χ1) is 7.72. The minimum absolute atomic E-state index is 0.256. The summed E-state index contributed by atoms with van der Waals surface area (Å²) in [6, 6.07) is 0. The Bertz CT molecular complexity index is 233. The summed E-state index contributed by atoms with van der Waals surface area (Å²) >= 11 is 1.98. The molecule has 0 aromatic rings. The largest absolute Gasteiger partial charge is 0.312 e. The zero-order valence-corrected chi connectivity index (χ0v) is 13.3. The highest BCUT2D eigenvalue weighted by molar-refractivity contribution is 7.99. The van der Waals surface area contributed by atoms with Crippen LogP contribution in [0.25, 0.3) is 0 Å². The third-order valence-electron chi connectivity index (χ3n) is 3.45. The maximum Gasteiger partial charge on any atom is 0.0227 e. The fourth-order valence-electron chi connectivity index (χ4n) is 2.28. The molecule has 1 rings (SSSR count). The van der Waals surface area contributed by atoms with Crippen LogP contribution in [0.1, 0.15) is 41.0 Å². The first kappa shape index (κ1) is 15.3. The number of rotatable bonds is 5. The molecule has 1 aliphatic heterocycles. The van der Waals surface area contributed by atoms with Gasteiger partial charge in [-0.1, -0.05) is 0 Å². The minimum Gasteiger partial charge on any atom is -0.312 e. The van der Waals surface area contributed by atoms with E-state index in [0.29, 0.717) is 4.75 Å². The molecular weight excluding hydrogens is 228 g/mol. The lowest BCUT2D eigenvalue weighted by molar-refractivity contribution is 0.293. The molecule has 1 N–H and O–H groups in total. The van der Waals surface area contributed by atoms with Gasteiger partial charge in [0.2, 0.25) is 0 Å². The molecular formula is C14H30N2S. The van der Waals surface area contributed by atoms with Gasteiger partial charge in [-0.15, -0.1) is 0 Å². The Kier molecular flexibility index (Phi) is 5.36. The average Bonchev–Trinajstić information content (AvgIpc) is 2.61. The van der Waals surface area contributed by atoms with Crippen LogP contribution in [0.5, 0.6) is 0 Å². The van der Waals surface area contributed by atoms with Crippen molar-refractivity contribution < 1.29 is 0 Å². The Morgan fingerprint density at radius 1 is 1.24 bits per heavy atom. The first-order valence-corrected chi connectivity index (χ1v) is 7.97. The first-order valence-electron chi connectivity index (χ1n) is 6.74. The lowest BCUT2D eigenvalue weighted by Crippen LogP contribution is -2.40. The van der Waals surface area contributed by atoms with Crippen LogP contribution >= 0.6 is 11.8 Å². The Balaban J connectivity index is 2.28. The zero-order chi connectivity index (χ0) is 13.1. The van der Waals surface area contributed by atoms with Gasteiger partial charge in [-0.2, -0.15) is 11.8 Å². The van der Waals surface area contributed by atoms with E-state index in [1.165, 1.54) is 32.6 Å². The normalized spacial score (nSPS) is 23.3. The van der Waals surface area contributed by atoms with Crippen molar-refractivity contribution >= 4 is 11.8 Å². The molecule has 17 heavy (non-hydrogen) atoms. The van der Waals surface area contributed by atoms with Crippen molar-refractivity contribution in [2.45, 2.75) is 51.3 Å². The molecule has 1 atom stereocenters. The van der Waals surface area contributed by atoms with E-state index in [1.807, 2.05) is 11.8 Å². The molecule has 0 spiro atoms. The van der Waals surface area contributed by atoms with Crippen LogP contribution in [-0.2, 0) is 0 Å². The maximum atomic E-state index is 3.63. The van der Waals surface area contributed by atoms with Crippen molar-refractivity contribution in [2.75, 3.05) is 32.4 Å². The highest BCUT2D eigenvalue weighted by Gasteiger charge is 2.28. The number of hydrogen-bond acceptors (Lipinski definition) is 3. The Labute approximate surface area is 112 Å². The lowest BCUT2D eigenvalue weighted by atomic mass is 10.1. The van der Waals surface area contributed by atoms with Gasteiger partial charge >= 0.3 is 0 Å². The highest BCUT2D eigenvalue weighted by atomic mass is 32.2. The van der Waals surface area contributed by atoms with Gasteiger partial charge < -0.3 is 10.2 Å². The van der Waals surface area contributed by atoms with Crippen molar-refractivity contribution in [3.05, 3.63) is 0 Å². The highest BCUT2D eigenvalue weighted by Crippen LogP contribution is 2.25. The molecule has 1 aliphatic rings. The summed E-state index contributed by atoms with van der Waals surface area (Å²) in [5.41, 5.74) is 0.256. The lowest BCUT2D eigenvalue weighted by Gasteiger charge is -2.29. The second kappa shape index (κ2) is 5.94. The van der Waals surface area contributed by atoms with Gasteiger partial charge in [-0.3, -0.25) is 0 Å². The van der Waals surface area contributed by atoms with Gasteiger partial charge in [-0.05, 0) is 66.3 Å². The van der Waals surface area contributed by atoms with Crippen molar-refractivity contribution in [2.24, 2.45) is 5.92 Å². The second-order valence-electron chi connectivity index (χ2n) is 6.98. The second-order valence-corrected chi connectivity index (χ2v) is 8.50. The third-order valence-corrected chi connectivity index (χ3v) is 4.68. The quantitative estimate of drug-likeness (QED) is 0.816. The number of likely N-dealkylation sites (tertiary alicyclic amines) is 1. The average molecular weight is 258 g/mol. The molecule has 0 radical (unpaired) electrons. The molecule has 0 amide bonds. The monoisotopic (exact) mass is 258 g/mol. The van der Waals surface area contributed by atoms with E-state index in [4.69, 9.17) is 0 Å². The number of hydrogen-bond donors (Lipinski definition) is 1. The third kappa shape index (κ3) is 6.12. The summed E-state index contributed by atoms with van der Waals surface area (Å²) in [6.07, 6.45) is 3.57. The van der Waals surface area contributed by atoms with E-state index in [2.05, 4.69) is 51.1 Å². The molecule has 0 saturated carbocycles. The summed E-state index contributed by atoms with van der Waals surface area (Å²) in [7, 11) is 0. The van der Waals surface area contributed by atoms with Gasteiger partial charge in [0.05, 0.1) is 0 Å². The van der Waals surface area contributed by atoms with E-state index in [1.54, 1.807) is 0 Å². The van der Waals surface area contributed by atoms with E-state index in [0.717, 1.165) is 5.92 Å². The molecule has 102 valence electrons. The smallest absolute Gasteiger partial charge is 0.0227 e. The van der Waals surface area contributed by atoms with Gasteiger partial charge in [0.1, 0.15) is 0 Å². The van der Waals surface area contributed by atoms with Gasteiger partial charge in [0.15, 0.2) is 0 Å². The van der Waals surface area contributed by atoms with Gasteiger partial charge in [-0.25, -0.2) is 0 Å². The molecule has 1 fully saturated rings. The number of nitrogens with zero attached hydrogens (tertiary/aromatic N) is 1. The molecule has 1 heterocycles. The van der Waals surface area contributed by atoms with Gasteiger partial charge in [0.25, 0.3) is 0 Å². The van der Waals surface area contributed by atoms with Crippen LogP contribution in [0.15, 0.2) is 0 Å². The molecule has 3 heteroatoms. The number of thioether (sulfide) groups is 1. The van der Waals surface area contributed by atoms with Crippen LogP contribution in [-0.4, -0.2) is 47.6 Å². The Hall–Kier alpha value is 0.270. The van der Waals surface area contributed by atoms with Crippen LogP contribution in [0.2, 0.25) is 0 Å².